The molecule has 0 saturated heterocycles. The SMILES string of the molecule is CCN(CC(F)(F)F)C(=NC1CCCCC1)NN. The van der Waals surface area contributed by atoms with Crippen LogP contribution >= 0.6 is 0 Å². The van der Waals surface area contributed by atoms with E-state index in [9.17, 15) is 13.2 Å². The first kappa shape index (κ1) is 15.1. The van der Waals surface area contributed by atoms with Gasteiger partial charge in [-0.1, -0.05) is 19.3 Å². The molecule has 0 radical (unpaired) electrons. The Morgan fingerprint density at radius 3 is 2.39 bits per heavy atom. The van der Waals surface area contributed by atoms with Crippen LogP contribution in [-0.4, -0.2) is 36.2 Å². The van der Waals surface area contributed by atoms with Gasteiger partial charge in [0.05, 0.1) is 6.04 Å². The fraction of sp³-hybridized carbons (Fsp3) is 0.909. The Labute approximate surface area is 105 Å². The third-order valence-electron chi connectivity index (χ3n) is 3.06. The van der Waals surface area contributed by atoms with Gasteiger partial charge < -0.3 is 4.90 Å². The van der Waals surface area contributed by atoms with Gasteiger partial charge in [-0.15, -0.1) is 0 Å². The Morgan fingerprint density at radius 1 is 1.33 bits per heavy atom. The molecule has 1 aliphatic rings. The molecule has 0 aliphatic heterocycles. The van der Waals surface area contributed by atoms with Gasteiger partial charge in [-0.3, -0.25) is 5.43 Å². The summed E-state index contributed by atoms with van der Waals surface area (Å²) in [5, 5.41) is 0. The van der Waals surface area contributed by atoms with Crippen LogP contribution in [0.15, 0.2) is 4.99 Å². The fourth-order valence-corrected chi connectivity index (χ4v) is 2.15. The summed E-state index contributed by atoms with van der Waals surface area (Å²) in [5.41, 5.74) is 2.30. The number of rotatable bonds is 3. The molecule has 1 aliphatic carbocycles. The van der Waals surface area contributed by atoms with Crippen molar-refractivity contribution < 1.29 is 13.2 Å². The molecule has 7 heteroatoms. The van der Waals surface area contributed by atoms with Gasteiger partial charge in [0.15, 0.2) is 0 Å². The Balaban J connectivity index is 2.68. The lowest BCUT2D eigenvalue weighted by molar-refractivity contribution is -0.137. The highest BCUT2D eigenvalue weighted by atomic mass is 19.4. The van der Waals surface area contributed by atoms with E-state index in [0.717, 1.165) is 30.6 Å². The van der Waals surface area contributed by atoms with E-state index in [4.69, 9.17) is 5.84 Å². The average molecular weight is 266 g/mol. The Morgan fingerprint density at radius 2 is 1.94 bits per heavy atom. The maximum atomic E-state index is 12.4. The quantitative estimate of drug-likeness (QED) is 0.356. The van der Waals surface area contributed by atoms with E-state index in [2.05, 4.69) is 10.4 Å². The van der Waals surface area contributed by atoms with Gasteiger partial charge in [0.25, 0.3) is 0 Å². The zero-order valence-electron chi connectivity index (χ0n) is 10.6. The zero-order valence-corrected chi connectivity index (χ0v) is 10.6. The van der Waals surface area contributed by atoms with Crippen LogP contribution in [0.4, 0.5) is 13.2 Å². The van der Waals surface area contributed by atoms with Crippen LogP contribution in [0.1, 0.15) is 39.0 Å². The monoisotopic (exact) mass is 266 g/mol. The maximum absolute atomic E-state index is 12.4. The van der Waals surface area contributed by atoms with Crippen LogP contribution in [0.5, 0.6) is 0 Å². The van der Waals surface area contributed by atoms with Crippen molar-refractivity contribution in [3.63, 3.8) is 0 Å². The molecule has 18 heavy (non-hydrogen) atoms. The van der Waals surface area contributed by atoms with Gasteiger partial charge in [-0.25, -0.2) is 10.8 Å². The number of halogens is 3. The van der Waals surface area contributed by atoms with Gasteiger partial charge in [0.2, 0.25) is 5.96 Å². The van der Waals surface area contributed by atoms with Gasteiger partial charge in [0.1, 0.15) is 6.54 Å². The van der Waals surface area contributed by atoms with Crippen LogP contribution in [0.2, 0.25) is 0 Å². The Hall–Kier alpha value is -0.980. The van der Waals surface area contributed by atoms with Gasteiger partial charge >= 0.3 is 6.18 Å². The van der Waals surface area contributed by atoms with Crippen LogP contribution in [0.25, 0.3) is 0 Å². The summed E-state index contributed by atoms with van der Waals surface area (Å²) in [7, 11) is 0. The molecule has 4 nitrogen and oxygen atoms in total. The molecule has 1 fully saturated rings. The maximum Gasteiger partial charge on any atom is 0.406 e. The highest BCUT2D eigenvalue weighted by Gasteiger charge is 2.31. The Kier molecular flexibility index (Phi) is 5.71. The molecule has 0 aromatic carbocycles. The molecule has 0 spiro atoms. The molecule has 0 aromatic rings. The van der Waals surface area contributed by atoms with E-state index in [-0.39, 0.29) is 18.5 Å². The molecule has 0 aromatic heterocycles. The number of nitrogens with zero attached hydrogens (tertiary/aromatic N) is 2. The topological polar surface area (TPSA) is 53.6 Å². The third kappa shape index (κ3) is 5.12. The second kappa shape index (κ2) is 6.82. The van der Waals surface area contributed by atoms with Gasteiger partial charge in [-0.05, 0) is 19.8 Å². The molecular weight excluding hydrogens is 245 g/mol. The number of hydrazine groups is 1. The predicted molar refractivity (Wildman–Crippen MR) is 64.9 cm³/mol. The van der Waals surface area contributed by atoms with E-state index < -0.39 is 12.7 Å². The minimum Gasteiger partial charge on any atom is -0.333 e. The van der Waals surface area contributed by atoms with Crippen molar-refractivity contribution in [1.29, 1.82) is 0 Å². The highest BCUT2D eigenvalue weighted by Crippen LogP contribution is 2.21. The normalized spacial score (nSPS) is 18.8. The van der Waals surface area contributed by atoms with E-state index >= 15 is 0 Å². The first-order valence-corrected chi connectivity index (χ1v) is 6.32. The van der Waals surface area contributed by atoms with Crippen molar-refractivity contribution in [3.05, 3.63) is 0 Å². The van der Waals surface area contributed by atoms with Crippen molar-refractivity contribution >= 4 is 5.96 Å². The molecule has 0 unspecified atom stereocenters. The summed E-state index contributed by atoms with van der Waals surface area (Å²) in [4.78, 5) is 5.44. The predicted octanol–water partition coefficient (Wildman–Crippen LogP) is 2.02. The van der Waals surface area contributed by atoms with E-state index in [1.807, 2.05) is 0 Å². The average Bonchev–Trinajstić information content (AvgIpc) is 2.33. The smallest absolute Gasteiger partial charge is 0.333 e. The highest BCUT2D eigenvalue weighted by molar-refractivity contribution is 5.79. The second-order valence-corrected chi connectivity index (χ2v) is 4.52. The van der Waals surface area contributed by atoms with Crippen LogP contribution in [0, 0.1) is 0 Å². The summed E-state index contributed by atoms with van der Waals surface area (Å²) in [5.74, 6) is 5.44. The summed E-state index contributed by atoms with van der Waals surface area (Å²) < 4.78 is 37.2. The second-order valence-electron chi connectivity index (χ2n) is 4.52. The number of hydrogen-bond acceptors (Lipinski definition) is 2. The van der Waals surface area contributed by atoms with Crippen molar-refractivity contribution in [3.8, 4) is 0 Å². The zero-order chi connectivity index (χ0) is 13.6. The molecule has 3 N–H and O–H groups in total. The molecule has 1 rings (SSSR count). The number of nitrogens with two attached hydrogens (primary N) is 1. The van der Waals surface area contributed by atoms with E-state index in [1.54, 1.807) is 6.92 Å². The fourth-order valence-electron chi connectivity index (χ4n) is 2.15. The number of nitrogens with one attached hydrogen (secondary N) is 1. The van der Waals surface area contributed by atoms with Crippen molar-refractivity contribution in [2.24, 2.45) is 10.8 Å². The van der Waals surface area contributed by atoms with Crippen molar-refractivity contribution in [2.45, 2.75) is 51.2 Å². The first-order valence-electron chi connectivity index (χ1n) is 6.32. The van der Waals surface area contributed by atoms with Gasteiger partial charge in [0, 0.05) is 6.54 Å². The largest absolute Gasteiger partial charge is 0.406 e. The van der Waals surface area contributed by atoms with Crippen molar-refractivity contribution in [2.75, 3.05) is 13.1 Å². The molecule has 0 atom stereocenters. The summed E-state index contributed by atoms with van der Waals surface area (Å²) in [6.45, 7) is 0.841. The summed E-state index contributed by atoms with van der Waals surface area (Å²) in [6.07, 6.45) is 0.940. The van der Waals surface area contributed by atoms with Crippen LogP contribution in [0.3, 0.4) is 0 Å². The Bertz CT molecular complexity index is 272. The standard InChI is InChI=1S/C11H21F3N4/c1-2-18(8-11(12,13)14)10(17-15)16-9-6-4-3-5-7-9/h9H,2-8,15H2,1H3,(H,16,17). The molecule has 106 valence electrons. The molecule has 1 saturated carbocycles. The van der Waals surface area contributed by atoms with E-state index in [1.165, 1.54) is 6.42 Å². The number of alkyl halides is 3. The lowest BCUT2D eigenvalue weighted by atomic mass is 9.96. The summed E-state index contributed by atoms with van der Waals surface area (Å²) >= 11 is 0. The minimum absolute atomic E-state index is 0.0899. The number of aliphatic imine (C=N–C) groups is 1. The van der Waals surface area contributed by atoms with Crippen molar-refractivity contribution in [1.82, 2.24) is 10.3 Å². The van der Waals surface area contributed by atoms with Crippen LogP contribution < -0.4 is 11.3 Å². The lowest BCUT2D eigenvalue weighted by Crippen LogP contribution is -2.49. The third-order valence-corrected chi connectivity index (χ3v) is 3.06. The molecule has 0 bridgehead atoms. The molecular formula is C11H21F3N4. The first-order chi connectivity index (χ1) is 8.46. The van der Waals surface area contributed by atoms with Crippen LogP contribution in [-0.2, 0) is 0 Å². The number of hydrogen-bond donors (Lipinski definition) is 2. The summed E-state index contributed by atoms with van der Waals surface area (Å²) in [6, 6.07) is 0.0899. The molecule has 0 heterocycles. The number of guanidine groups is 1. The lowest BCUT2D eigenvalue weighted by Gasteiger charge is -2.27. The van der Waals surface area contributed by atoms with Gasteiger partial charge in [-0.2, -0.15) is 13.2 Å². The minimum atomic E-state index is -4.25. The molecule has 0 amide bonds. The van der Waals surface area contributed by atoms with E-state index in [0.29, 0.717) is 0 Å².